The minimum Gasteiger partial charge on any atom is -0.313 e. The Bertz CT molecular complexity index is 511. The van der Waals surface area contributed by atoms with Crippen molar-refractivity contribution in [2.24, 2.45) is 7.05 Å². The smallest absolute Gasteiger partial charge is 0.184 e. The van der Waals surface area contributed by atoms with Crippen molar-refractivity contribution in [2.75, 3.05) is 7.05 Å². The van der Waals surface area contributed by atoms with Gasteiger partial charge in [0.1, 0.15) is 0 Å². The molecule has 1 N–H and O–H groups in total. The third-order valence-corrected chi connectivity index (χ3v) is 3.70. The summed E-state index contributed by atoms with van der Waals surface area (Å²) in [7, 11) is 3.74. The summed E-state index contributed by atoms with van der Waals surface area (Å²) in [5.41, 5.74) is 1.29. The number of nitrogens with one attached hydrogen (secondary N) is 1. The molecule has 0 spiro atoms. The standard InChI is InChI=1S/C12H17N5S/c1-9(13-2)10-5-4-6-11(7-10)18-8-12-14-16-17(3)15-12/h4-7,9,13H,8H2,1-3H3. The van der Waals surface area contributed by atoms with Crippen molar-refractivity contribution in [3.05, 3.63) is 35.7 Å². The zero-order chi connectivity index (χ0) is 13.0. The van der Waals surface area contributed by atoms with E-state index in [1.165, 1.54) is 15.3 Å². The van der Waals surface area contributed by atoms with E-state index in [1.54, 1.807) is 18.8 Å². The van der Waals surface area contributed by atoms with Crippen molar-refractivity contribution in [3.8, 4) is 0 Å². The maximum Gasteiger partial charge on any atom is 0.184 e. The fourth-order valence-corrected chi connectivity index (χ4v) is 2.37. The van der Waals surface area contributed by atoms with Crippen molar-refractivity contribution in [1.29, 1.82) is 0 Å². The number of rotatable bonds is 5. The van der Waals surface area contributed by atoms with E-state index in [0.29, 0.717) is 6.04 Å². The lowest BCUT2D eigenvalue weighted by Crippen LogP contribution is -2.11. The first-order chi connectivity index (χ1) is 8.69. The predicted molar refractivity (Wildman–Crippen MR) is 72.3 cm³/mol. The molecule has 18 heavy (non-hydrogen) atoms. The van der Waals surface area contributed by atoms with Gasteiger partial charge in [-0.25, -0.2) is 0 Å². The van der Waals surface area contributed by atoms with Crippen LogP contribution < -0.4 is 5.32 Å². The molecule has 1 heterocycles. The molecule has 0 amide bonds. The number of aryl methyl sites for hydroxylation is 1. The Kier molecular flexibility index (Phi) is 4.33. The number of aromatic nitrogens is 4. The lowest BCUT2D eigenvalue weighted by Gasteiger charge is -2.11. The van der Waals surface area contributed by atoms with Crippen molar-refractivity contribution in [1.82, 2.24) is 25.5 Å². The van der Waals surface area contributed by atoms with Gasteiger partial charge < -0.3 is 5.32 Å². The Hall–Kier alpha value is -1.40. The van der Waals surface area contributed by atoms with Crippen LogP contribution in [0.4, 0.5) is 0 Å². The number of benzene rings is 1. The summed E-state index contributed by atoms with van der Waals surface area (Å²) in [4.78, 5) is 2.71. The third-order valence-electron chi connectivity index (χ3n) is 2.71. The molecule has 0 fully saturated rings. The Morgan fingerprint density at radius 2 is 2.28 bits per heavy atom. The highest BCUT2D eigenvalue weighted by Gasteiger charge is 2.05. The van der Waals surface area contributed by atoms with Gasteiger partial charge in [-0.05, 0) is 36.9 Å². The van der Waals surface area contributed by atoms with Crippen LogP contribution in [0.2, 0.25) is 0 Å². The fraction of sp³-hybridized carbons (Fsp3) is 0.417. The molecule has 0 bridgehead atoms. The molecule has 1 aromatic carbocycles. The van der Waals surface area contributed by atoms with Crippen molar-refractivity contribution < 1.29 is 0 Å². The average Bonchev–Trinajstić information content (AvgIpc) is 2.81. The largest absolute Gasteiger partial charge is 0.313 e. The number of hydrogen-bond acceptors (Lipinski definition) is 5. The first-order valence-corrected chi connectivity index (χ1v) is 6.80. The molecule has 5 nitrogen and oxygen atoms in total. The highest BCUT2D eigenvalue weighted by atomic mass is 32.2. The first-order valence-electron chi connectivity index (χ1n) is 5.82. The molecule has 0 aliphatic carbocycles. The van der Waals surface area contributed by atoms with E-state index < -0.39 is 0 Å². The Balaban J connectivity index is 2.01. The van der Waals surface area contributed by atoms with Crippen molar-refractivity contribution in [3.63, 3.8) is 0 Å². The molecule has 0 aliphatic rings. The van der Waals surface area contributed by atoms with Crippen LogP contribution in [0, 0.1) is 0 Å². The summed E-state index contributed by atoms with van der Waals surface area (Å²) < 4.78 is 0. The zero-order valence-corrected chi connectivity index (χ0v) is 11.6. The van der Waals surface area contributed by atoms with Crippen molar-refractivity contribution >= 4 is 11.8 Å². The van der Waals surface area contributed by atoms with Gasteiger partial charge in [0.15, 0.2) is 5.82 Å². The Labute approximate surface area is 111 Å². The fourth-order valence-electron chi connectivity index (χ4n) is 1.57. The molecule has 2 aromatic rings. The van der Waals surface area contributed by atoms with E-state index >= 15 is 0 Å². The Morgan fingerprint density at radius 1 is 1.44 bits per heavy atom. The lowest BCUT2D eigenvalue weighted by atomic mass is 10.1. The van der Waals surface area contributed by atoms with Gasteiger partial charge in [0.25, 0.3) is 0 Å². The van der Waals surface area contributed by atoms with Crippen LogP contribution in [0.5, 0.6) is 0 Å². The molecule has 0 saturated heterocycles. The van der Waals surface area contributed by atoms with Gasteiger partial charge in [-0.15, -0.1) is 22.0 Å². The van der Waals surface area contributed by atoms with Gasteiger partial charge in [-0.2, -0.15) is 4.80 Å². The predicted octanol–water partition coefficient (Wildman–Crippen LogP) is 1.78. The topological polar surface area (TPSA) is 55.6 Å². The first kappa shape index (κ1) is 13.0. The van der Waals surface area contributed by atoms with Gasteiger partial charge in [0, 0.05) is 10.9 Å². The van der Waals surface area contributed by atoms with E-state index in [0.717, 1.165) is 11.6 Å². The molecule has 2 rings (SSSR count). The monoisotopic (exact) mass is 263 g/mol. The summed E-state index contributed by atoms with van der Waals surface area (Å²) in [6.07, 6.45) is 0. The Morgan fingerprint density at radius 3 is 2.94 bits per heavy atom. The molecule has 1 atom stereocenters. The van der Waals surface area contributed by atoms with Crippen LogP contribution in [0.15, 0.2) is 29.2 Å². The number of thioether (sulfide) groups is 1. The van der Waals surface area contributed by atoms with Crippen LogP contribution in [0.3, 0.4) is 0 Å². The van der Waals surface area contributed by atoms with E-state index in [-0.39, 0.29) is 0 Å². The number of tetrazole rings is 1. The molecule has 6 heteroatoms. The number of nitrogens with zero attached hydrogens (tertiary/aromatic N) is 4. The second-order valence-corrected chi connectivity index (χ2v) is 5.12. The van der Waals surface area contributed by atoms with Gasteiger partial charge in [0.2, 0.25) is 0 Å². The third kappa shape index (κ3) is 3.30. The summed E-state index contributed by atoms with van der Waals surface area (Å²) in [6, 6.07) is 8.87. The maximum absolute atomic E-state index is 4.16. The van der Waals surface area contributed by atoms with Crippen LogP contribution in [-0.4, -0.2) is 27.3 Å². The molecular formula is C12H17N5S. The number of hydrogen-bond donors (Lipinski definition) is 1. The van der Waals surface area contributed by atoms with E-state index in [9.17, 15) is 0 Å². The summed E-state index contributed by atoms with van der Waals surface area (Å²) in [6.45, 7) is 2.15. The van der Waals surface area contributed by atoms with E-state index in [2.05, 4.69) is 51.9 Å². The van der Waals surface area contributed by atoms with Gasteiger partial charge >= 0.3 is 0 Å². The van der Waals surface area contributed by atoms with Gasteiger partial charge in [-0.3, -0.25) is 0 Å². The summed E-state index contributed by atoms with van der Waals surface area (Å²) in [5.74, 6) is 1.50. The minimum atomic E-state index is 0.361. The molecule has 0 radical (unpaired) electrons. The second kappa shape index (κ2) is 5.97. The molecule has 0 aliphatic heterocycles. The maximum atomic E-state index is 4.16. The summed E-state index contributed by atoms with van der Waals surface area (Å²) in [5, 5.41) is 15.2. The van der Waals surface area contributed by atoms with Crippen LogP contribution in [0.25, 0.3) is 0 Å². The second-order valence-electron chi connectivity index (χ2n) is 4.07. The van der Waals surface area contributed by atoms with Gasteiger partial charge in [0.05, 0.1) is 12.8 Å². The van der Waals surface area contributed by atoms with Gasteiger partial charge in [-0.1, -0.05) is 12.1 Å². The lowest BCUT2D eigenvalue weighted by molar-refractivity contribution is 0.628. The quantitative estimate of drug-likeness (QED) is 0.833. The van der Waals surface area contributed by atoms with Crippen LogP contribution in [0.1, 0.15) is 24.4 Å². The molecule has 1 unspecified atom stereocenters. The normalized spacial score (nSPS) is 12.6. The zero-order valence-electron chi connectivity index (χ0n) is 10.8. The molecule has 1 aromatic heterocycles. The van der Waals surface area contributed by atoms with Crippen LogP contribution in [-0.2, 0) is 12.8 Å². The van der Waals surface area contributed by atoms with E-state index in [1.807, 2.05) is 7.05 Å². The molecular weight excluding hydrogens is 246 g/mol. The highest BCUT2D eigenvalue weighted by Crippen LogP contribution is 2.24. The van der Waals surface area contributed by atoms with Crippen molar-refractivity contribution in [2.45, 2.75) is 23.6 Å². The molecule has 0 saturated carbocycles. The minimum absolute atomic E-state index is 0.361. The SMILES string of the molecule is CNC(C)c1cccc(SCc2nnn(C)n2)c1. The van der Waals surface area contributed by atoms with E-state index in [4.69, 9.17) is 0 Å². The summed E-state index contributed by atoms with van der Waals surface area (Å²) >= 11 is 1.72. The highest BCUT2D eigenvalue weighted by molar-refractivity contribution is 7.98. The van der Waals surface area contributed by atoms with Crippen LogP contribution >= 0.6 is 11.8 Å². The molecule has 96 valence electrons. The average molecular weight is 263 g/mol.